The molecule has 1 fully saturated rings. The van der Waals surface area contributed by atoms with Gasteiger partial charge in [-0.15, -0.1) is 0 Å². The molecule has 2 heterocycles. The molecule has 9 nitrogen and oxygen atoms in total. The molecule has 0 unspecified atom stereocenters. The molecule has 4 atom stereocenters. The number of rotatable bonds is 10. The number of nitrogens with two attached hydrogens (primary N) is 1. The Morgan fingerprint density at radius 2 is 1.92 bits per heavy atom. The maximum absolute atomic E-state index is 14.5. The van der Waals surface area contributed by atoms with E-state index >= 15 is 0 Å². The molecule has 2 aromatic rings. The summed E-state index contributed by atoms with van der Waals surface area (Å²) in [5.74, 6) is -7.66. The summed E-state index contributed by atoms with van der Waals surface area (Å²) in [6.07, 6.45) is -5.46. The summed E-state index contributed by atoms with van der Waals surface area (Å²) in [5.41, 5.74) is 2.32. The first kappa shape index (κ1) is 30.2. The number of pyridine rings is 1. The molecule has 4 N–H and O–H groups in total. The molecule has 2 amide bonds. The van der Waals surface area contributed by atoms with Gasteiger partial charge in [0.2, 0.25) is 5.82 Å². The van der Waals surface area contributed by atoms with Gasteiger partial charge in [0.25, 0.3) is 11.8 Å². The number of alkyl halides is 3. The number of halogens is 5. The van der Waals surface area contributed by atoms with E-state index in [0.29, 0.717) is 13.2 Å². The number of aromatic nitrogens is 1. The van der Waals surface area contributed by atoms with E-state index < -0.39 is 58.9 Å². The highest BCUT2D eigenvalue weighted by Gasteiger charge is 2.65. The van der Waals surface area contributed by atoms with Gasteiger partial charge in [0.15, 0.2) is 17.2 Å². The molecule has 1 aromatic carbocycles. The van der Waals surface area contributed by atoms with E-state index in [1.807, 2.05) is 0 Å². The zero-order valence-corrected chi connectivity index (χ0v) is 21.4. The quantitative estimate of drug-likeness (QED) is 0.301. The summed E-state index contributed by atoms with van der Waals surface area (Å²) < 4.78 is 86.1. The van der Waals surface area contributed by atoms with Crippen LogP contribution in [-0.4, -0.2) is 68.1 Å². The van der Waals surface area contributed by atoms with Gasteiger partial charge >= 0.3 is 6.18 Å². The lowest BCUT2D eigenvalue weighted by atomic mass is 9.77. The van der Waals surface area contributed by atoms with Crippen molar-refractivity contribution in [3.8, 4) is 5.75 Å². The van der Waals surface area contributed by atoms with Gasteiger partial charge in [-0.05, 0) is 25.1 Å². The topological polar surface area (TPSA) is 125 Å². The smallest absolute Gasteiger partial charge is 0.417 e. The molecule has 0 aliphatic carbocycles. The summed E-state index contributed by atoms with van der Waals surface area (Å²) in [5, 5.41) is 5.01. The minimum absolute atomic E-state index is 0.0485. The van der Waals surface area contributed by atoms with Crippen LogP contribution < -0.4 is 21.1 Å². The molecule has 1 aromatic heterocycles. The number of methoxy groups -OCH3 is 1. The van der Waals surface area contributed by atoms with Gasteiger partial charge in [0.1, 0.15) is 11.8 Å². The van der Waals surface area contributed by atoms with Crippen molar-refractivity contribution < 1.29 is 45.8 Å². The van der Waals surface area contributed by atoms with Gasteiger partial charge in [-0.25, -0.2) is 4.39 Å². The van der Waals surface area contributed by atoms with E-state index in [1.54, 1.807) is 0 Å². The molecule has 3 rings (SSSR count). The lowest BCUT2D eigenvalue weighted by molar-refractivity contribution is -0.272. The Bertz CT molecular complexity index is 1200. The standard InChI is InChI=1S/C25H29F5N4O5/c1-13-18(15-4-5-16(26)19(27)20(15)37-3)21(39-24(13,2)25(28,29)30)23(36)34-14-6-8-32-17(12-14)22(35)33-9-11-38-10-7-31/h4-6,8,12-13,18,21H,7,9-11,31H2,1-3H3,(H,33,35)(H,32,34,36)/t13-,18-,21+,24+/m0/s1. The zero-order chi connectivity index (χ0) is 29.0. The Morgan fingerprint density at radius 3 is 2.56 bits per heavy atom. The average Bonchev–Trinajstić information content (AvgIpc) is 3.17. The van der Waals surface area contributed by atoms with Crippen LogP contribution in [0.5, 0.6) is 5.75 Å². The van der Waals surface area contributed by atoms with E-state index in [4.69, 9.17) is 19.9 Å². The normalized spacial score (nSPS) is 22.9. The third-order valence-corrected chi connectivity index (χ3v) is 6.62. The van der Waals surface area contributed by atoms with Crippen molar-refractivity contribution >= 4 is 17.5 Å². The number of anilines is 1. The van der Waals surface area contributed by atoms with Crippen LogP contribution in [0.3, 0.4) is 0 Å². The summed E-state index contributed by atoms with van der Waals surface area (Å²) >= 11 is 0. The van der Waals surface area contributed by atoms with Crippen LogP contribution in [0.1, 0.15) is 35.8 Å². The summed E-state index contributed by atoms with van der Waals surface area (Å²) in [7, 11) is 1.04. The highest BCUT2D eigenvalue weighted by atomic mass is 19.4. The van der Waals surface area contributed by atoms with E-state index in [9.17, 15) is 31.5 Å². The molecule has 0 saturated carbocycles. The molecule has 0 radical (unpaired) electrons. The molecular weight excluding hydrogens is 531 g/mol. The number of nitrogens with one attached hydrogen (secondary N) is 2. The molecule has 1 aliphatic heterocycles. The van der Waals surface area contributed by atoms with E-state index in [2.05, 4.69) is 15.6 Å². The van der Waals surface area contributed by atoms with Crippen molar-refractivity contribution in [3.05, 3.63) is 53.4 Å². The Morgan fingerprint density at radius 1 is 1.21 bits per heavy atom. The van der Waals surface area contributed by atoms with Gasteiger partial charge in [-0.2, -0.15) is 17.6 Å². The predicted molar refractivity (Wildman–Crippen MR) is 129 cm³/mol. The molecule has 214 valence electrons. The van der Waals surface area contributed by atoms with Crippen LogP contribution in [0.25, 0.3) is 0 Å². The maximum Gasteiger partial charge on any atom is 0.417 e. The van der Waals surface area contributed by atoms with E-state index in [1.165, 1.54) is 25.3 Å². The van der Waals surface area contributed by atoms with E-state index in [0.717, 1.165) is 26.2 Å². The first-order valence-electron chi connectivity index (χ1n) is 11.9. The van der Waals surface area contributed by atoms with E-state index in [-0.39, 0.29) is 30.1 Å². The number of amides is 2. The van der Waals surface area contributed by atoms with Crippen molar-refractivity contribution in [2.24, 2.45) is 11.7 Å². The Labute approximate surface area is 221 Å². The van der Waals surface area contributed by atoms with Crippen molar-refractivity contribution in [3.63, 3.8) is 0 Å². The molecule has 0 spiro atoms. The van der Waals surface area contributed by atoms with Crippen LogP contribution in [0.15, 0.2) is 30.5 Å². The number of nitrogens with zero attached hydrogens (tertiary/aromatic N) is 1. The van der Waals surface area contributed by atoms with Gasteiger partial charge in [-0.1, -0.05) is 13.0 Å². The monoisotopic (exact) mass is 560 g/mol. The second-order valence-corrected chi connectivity index (χ2v) is 9.02. The molecule has 14 heteroatoms. The molecule has 1 aliphatic rings. The fourth-order valence-corrected chi connectivity index (χ4v) is 4.40. The Kier molecular flexibility index (Phi) is 9.46. The number of hydrogen-bond donors (Lipinski definition) is 3. The van der Waals surface area contributed by atoms with Crippen LogP contribution >= 0.6 is 0 Å². The van der Waals surface area contributed by atoms with Crippen molar-refractivity contribution in [1.82, 2.24) is 10.3 Å². The molecule has 0 bridgehead atoms. The highest BCUT2D eigenvalue weighted by molar-refractivity contribution is 5.97. The summed E-state index contributed by atoms with van der Waals surface area (Å²) in [4.78, 5) is 29.6. The summed E-state index contributed by atoms with van der Waals surface area (Å²) in [6.45, 7) is 3.02. The number of ether oxygens (including phenoxy) is 3. The number of benzene rings is 1. The minimum Gasteiger partial charge on any atom is -0.493 e. The van der Waals surface area contributed by atoms with Crippen molar-refractivity contribution in [2.75, 3.05) is 38.7 Å². The molecular formula is C25H29F5N4O5. The second kappa shape index (κ2) is 12.2. The fourth-order valence-electron chi connectivity index (χ4n) is 4.40. The largest absolute Gasteiger partial charge is 0.493 e. The number of carbonyl (C=O) groups excluding carboxylic acids is 2. The minimum atomic E-state index is -4.90. The Hall–Kier alpha value is -3.36. The molecule has 1 saturated heterocycles. The molecule has 39 heavy (non-hydrogen) atoms. The zero-order valence-electron chi connectivity index (χ0n) is 21.4. The average molecular weight is 561 g/mol. The van der Waals surface area contributed by atoms with Gasteiger partial charge in [0.05, 0.1) is 20.3 Å². The van der Waals surface area contributed by atoms with Crippen molar-refractivity contribution in [2.45, 2.75) is 37.6 Å². The first-order valence-corrected chi connectivity index (χ1v) is 11.9. The predicted octanol–water partition coefficient (Wildman–Crippen LogP) is 3.15. The van der Waals surface area contributed by atoms with Crippen LogP contribution in [0.2, 0.25) is 0 Å². The first-order chi connectivity index (χ1) is 18.4. The maximum atomic E-state index is 14.5. The van der Waals surface area contributed by atoms with Crippen LogP contribution in [0.4, 0.5) is 27.6 Å². The summed E-state index contributed by atoms with van der Waals surface area (Å²) in [6, 6.07) is 4.36. The third kappa shape index (κ3) is 6.28. The van der Waals surface area contributed by atoms with Gasteiger partial charge in [0, 0.05) is 42.4 Å². The Balaban J connectivity index is 1.89. The van der Waals surface area contributed by atoms with Crippen LogP contribution in [-0.2, 0) is 14.3 Å². The van der Waals surface area contributed by atoms with Crippen LogP contribution in [0, 0.1) is 17.6 Å². The number of carbonyl (C=O) groups is 2. The highest BCUT2D eigenvalue weighted by Crippen LogP contribution is 2.55. The number of hydrogen-bond acceptors (Lipinski definition) is 7. The fraction of sp³-hybridized carbons (Fsp3) is 0.480. The second-order valence-electron chi connectivity index (χ2n) is 9.02. The lowest BCUT2D eigenvalue weighted by Gasteiger charge is -2.32. The SMILES string of the molecule is COc1c([C@H]2[C@H](C(=O)Nc3ccnc(C(=O)NCCOCCN)c3)O[C@@](C)(C(F)(F)F)[C@H]2C)ccc(F)c1F. The van der Waals surface area contributed by atoms with Gasteiger partial charge < -0.3 is 30.6 Å². The van der Waals surface area contributed by atoms with Gasteiger partial charge in [-0.3, -0.25) is 14.6 Å². The van der Waals surface area contributed by atoms with Crippen molar-refractivity contribution in [1.29, 1.82) is 0 Å². The lowest BCUT2D eigenvalue weighted by Crippen LogP contribution is -2.47. The third-order valence-electron chi connectivity index (χ3n) is 6.62.